The van der Waals surface area contributed by atoms with Gasteiger partial charge in [-0.1, -0.05) is 6.92 Å². The van der Waals surface area contributed by atoms with Gasteiger partial charge in [0, 0.05) is 6.54 Å². The molecule has 1 atom stereocenters. The predicted octanol–water partition coefficient (Wildman–Crippen LogP) is 0.721. The van der Waals surface area contributed by atoms with Crippen LogP contribution in [0.1, 0.15) is 17.3 Å². The number of H-pyrrole nitrogens is 1. The Bertz CT molecular complexity index is 326. The van der Waals surface area contributed by atoms with Crippen LogP contribution in [0.2, 0.25) is 0 Å². The van der Waals surface area contributed by atoms with Crippen LogP contribution in [0.4, 0.5) is 5.82 Å². The molecule has 1 heterocycles. The maximum absolute atomic E-state index is 11.6. The molecule has 0 aliphatic rings. The van der Waals surface area contributed by atoms with Crippen molar-refractivity contribution in [1.82, 2.24) is 15.5 Å². The van der Waals surface area contributed by atoms with E-state index in [1.54, 1.807) is 11.8 Å². The first-order valence-corrected chi connectivity index (χ1v) is 6.10. The number of thioether (sulfide) groups is 1. The number of aromatic amines is 1. The lowest BCUT2D eigenvalue weighted by atomic mass is 10.2. The van der Waals surface area contributed by atoms with Crippen LogP contribution in [0.5, 0.6) is 0 Å². The fraction of sp³-hybridized carbons (Fsp3) is 0.556. The van der Waals surface area contributed by atoms with Crippen molar-refractivity contribution in [3.05, 3.63) is 11.8 Å². The van der Waals surface area contributed by atoms with Gasteiger partial charge in [0.05, 0.1) is 6.20 Å². The Hall–Kier alpha value is -1.17. The number of rotatable bonds is 5. The molecule has 0 saturated carbocycles. The molecular formula is C9H16N4OS. The van der Waals surface area contributed by atoms with Crippen LogP contribution in [-0.2, 0) is 0 Å². The van der Waals surface area contributed by atoms with Crippen LogP contribution in [0, 0.1) is 5.92 Å². The molecule has 5 nitrogen and oxygen atoms in total. The number of anilines is 1. The van der Waals surface area contributed by atoms with E-state index in [9.17, 15) is 4.79 Å². The Kier molecular flexibility index (Phi) is 4.48. The molecule has 1 unspecified atom stereocenters. The number of aromatic nitrogens is 2. The number of amides is 1. The molecule has 0 aliphatic carbocycles. The van der Waals surface area contributed by atoms with E-state index in [-0.39, 0.29) is 5.91 Å². The maximum atomic E-state index is 11.6. The van der Waals surface area contributed by atoms with E-state index in [0.717, 1.165) is 5.75 Å². The second kappa shape index (κ2) is 5.65. The number of nitrogens with zero attached hydrogens (tertiary/aromatic N) is 1. The quantitative estimate of drug-likeness (QED) is 0.693. The zero-order valence-corrected chi connectivity index (χ0v) is 9.73. The second-order valence-corrected chi connectivity index (χ2v) is 4.38. The molecule has 1 amide bonds. The van der Waals surface area contributed by atoms with Gasteiger partial charge in [-0.2, -0.15) is 16.9 Å². The highest BCUT2D eigenvalue weighted by Gasteiger charge is 2.11. The minimum Gasteiger partial charge on any atom is -0.383 e. The Morgan fingerprint density at radius 1 is 1.80 bits per heavy atom. The van der Waals surface area contributed by atoms with Gasteiger partial charge < -0.3 is 11.1 Å². The van der Waals surface area contributed by atoms with Gasteiger partial charge in [0.25, 0.3) is 5.91 Å². The van der Waals surface area contributed by atoms with Crippen LogP contribution < -0.4 is 11.1 Å². The Labute approximate surface area is 93.2 Å². The van der Waals surface area contributed by atoms with Gasteiger partial charge >= 0.3 is 0 Å². The van der Waals surface area contributed by atoms with Crippen molar-refractivity contribution < 1.29 is 4.79 Å². The van der Waals surface area contributed by atoms with Crippen molar-refractivity contribution in [2.45, 2.75) is 6.92 Å². The van der Waals surface area contributed by atoms with E-state index in [0.29, 0.717) is 23.8 Å². The number of carbonyl (C=O) groups is 1. The lowest BCUT2D eigenvalue weighted by Gasteiger charge is -2.10. The number of carbonyl (C=O) groups excluding carboxylic acids is 1. The highest BCUT2D eigenvalue weighted by atomic mass is 32.2. The van der Waals surface area contributed by atoms with Crippen molar-refractivity contribution >= 4 is 23.5 Å². The van der Waals surface area contributed by atoms with Gasteiger partial charge in [-0.3, -0.25) is 9.89 Å². The first-order valence-electron chi connectivity index (χ1n) is 4.71. The normalized spacial score (nSPS) is 12.4. The Morgan fingerprint density at radius 3 is 3.07 bits per heavy atom. The summed E-state index contributed by atoms with van der Waals surface area (Å²) in [5.41, 5.74) is 5.93. The van der Waals surface area contributed by atoms with Gasteiger partial charge in [-0.05, 0) is 17.9 Å². The van der Waals surface area contributed by atoms with Gasteiger partial charge in [0.2, 0.25) is 0 Å². The van der Waals surface area contributed by atoms with Gasteiger partial charge in [-0.15, -0.1) is 0 Å². The zero-order chi connectivity index (χ0) is 11.3. The van der Waals surface area contributed by atoms with E-state index in [1.165, 1.54) is 6.20 Å². The summed E-state index contributed by atoms with van der Waals surface area (Å²) in [5, 5.41) is 9.03. The molecule has 15 heavy (non-hydrogen) atoms. The highest BCUT2D eigenvalue weighted by Crippen LogP contribution is 2.06. The third-order valence-corrected chi connectivity index (χ3v) is 2.88. The zero-order valence-electron chi connectivity index (χ0n) is 8.91. The number of hydrogen-bond acceptors (Lipinski definition) is 4. The minimum atomic E-state index is -0.172. The third kappa shape index (κ3) is 3.47. The molecule has 1 aromatic rings. The van der Waals surface area contributed by atoms with Crippen molar-refractivity contribution in [3.63, 3.8) is 0 Å². The number of nitrogens with one attached hydrogen (secondary N) is 2. The summed E-state index contributed by atoms with van der Waals surface area (Å²) in [6, 6.07) is 0. The van der Waals surface area contributed by atoms with Crippen LogP contribution >= 0.6 is 11.8 Å². The van der Waals surface area contributed by atoms with Gasteiger partial charge in [0.15, 0.2) is 0 Å². The van der Waals surface area contributed by atoms with Crippen molar-refractivity contribution in [1.29, 1.82) is 0 Å². The number of nitrogen functional groups attached to an aromatic ring is 1. The fourth-order valence-electron chi connectivity index (χ4n) is 1.18. The van der Waals surface area contributed by atoms with Gasteiger partial charge in [0.1, 0.15) is 11.4 Å². The molecule has 1 aromatic heterocycles. The SMILES string of the molecule is CSCC(C)CNC(=O)c1cn[nH]c1N. The molecule has 0 aromatic carbocycles. The van der Waals surface area contributed by atoms with E-state index in [2.05, 4.69) is 22.4 Å². The average Bonchev–Trinajstić information content (AvgIpc) is 2.61. The van der Waals surface area contributed by atoms with Crippen LogP contribution in [0.25, 0.3) is 0 Å². The molecule has 0 radical (unpaired) electrons. The summed E-state index contributed by atoms with van der Waals surface area (Å²) in [4.78, 5) is 11.6. The molecule has 0 saturated heterocycles. The number of nitrogens with two attached hydrogens (primary N) is 1. The van der Waals surface area contributed by atoms with Crippen molar-refractivity contribution in [2.75, 3.05) is 24.3 Å². The Morgan fingerprint density at radius 2 is 2.53 bits per heavy atom. The molecule has 84 valence electrons. The monoisotopic (exact) mass is 228 g/mol. The van der Waals surface area contributed by atoms with E-state index >= 15 is 0 Å². The highest BCUT2D eigenvalue weighted by molar-refractivity contribution is 7.98. The molecule has 0 spiro atoms. The van der Waals surface area contributed by atoms with Crippen molar-refractivity contribution in [3.8, 4) is 0 Å². The molecule has 0 bridgehead atoms. The van der Waals surface area contributed by atoms with E-state index in [1.807, 2.05) is 6.26 Å². The topological polar surface area (TPSA) is 83.8 Å². The summed E-state index contributed by atoms with van der Waals surface area (Å²) in [5.74, 6) is 1.62. The summed E-state index contributed by atoms with van der Waals surface area (Å²) in [6.07, 6.45) is 3.48. The summed E-state index contributed by atoms with van der Waals surface area (Å²) < 4.78 is 0. The lowest BCUT2D eigenvalue weighted by Crippen LogP contribution is -2.29. The lowest BCUT2D eigenvalue weighted by molar-refractivity contribution is 0.0950. The maximum Gasteiger partial charge on any atom is 0.256 e. The van der Waals surface area contributed by atoms with Crippen molar-refractivity contribution in [2.24, 2.45) is 5.92 Å². The predicted molar refractivity (Wildman–Crippen MR) is 62.9 cm³/mol. The summed E-state index contributed by atoms with van der Waals surface area (Å²) >= 11 is 1.77. The van der Waals surface area contributed by atoms with Crippen LogP contribution in [-0.4, -0.2) is 34.7 Å². The first-order chi connectivity index (χ1) is 7.15. The average molecular weight is 228 g/mol. The second-order valence-electron chi connectivity index (χ2n) is 3.47. The molecular weight excluding hydrogens is 212 g/mol. The number of hydrogen-bond donors (Lipinski definition) is 3. The summed E-state index contributed by atoms with van der Waals surface area (Å²) in [7, 11) is 0. The van der Waals surface area contributed by atoms with E-state index < -0.39 is 0 Å². The van der Waals surface area contributed by atoms with Crippen LogP contribution in [0.15, 0.2) is 6.20 Å². The molecule has 6 heteroatoms. The fourth-order valence-corrected chi connectivity index (χ4v) is 1.87. The van der Waals surface area contributed by atoms with Crippen LogP contribution in [0.3, 0.4) is 0 Å². The summed E-state index contributed by atoms with van der Waals surface area (Å²) in [6.45, 7) is 2.75. The largest absolute Gasteiger partial charge is 0.383 e. The smallest absolute Gasteiger partial charge is 0.256 e. The first kappa shape index (κ1) is 11.9. The molecule has 1 rings (SSSR count). The Balaban J connectivity index is 2.40. The minimum absolute atomic E-state index is 0.172. The molecule has 0 fully saturated rings. The van der Waals surface area contributed by atoms with E-state index in [4.69, 9.17) is 5.73 Å². The molecule has 0 aliphatic heterocycles. The van der Waals surface area contributed by atoms with Gasteiger partial charge in [-0.25, -0.2) is 0 Å². The standard InChI is InChI=1S/C9H16N4OS/c1-6(5-15-2)3-11-9(14)7-4-12-13-8(7)10/h4,6H,3,5H2,1-2H3,(H,11,14)(H3,10,12,13). The molecule has 4 N–H and O–H groups in total. The third-order valence-electron chi connectivity index (χ3n) is 1.98.